The fourth-order valence-corrected chi connectivity index (χ4v) is 3.12. The van der Waals surface area contributed by atoms with Gasteiger partial charge in [-0.15, -0.1) is 0 Å². The standard InChI is InChI=1S/C21H22BrN3O/c1-2-20(17-9-11-18(22)12-10-17)24-21(26)13-8-16-14-23-25(15-16)19-6-4-3-5-7-19/h3-7,9-12,14-15,20H,2,8,13H2,1H3,(H,24,26). The Kier molecular flexibility index (Phi) is 6.23. The molecule has 1 N–H and O–H groups in total. The third kappa shape index (κ3) is 4.82. The molecule has 0 aliphatic carbocycles. The van der Waals surface area contributed by atoms with Crippen LogP contribution in [-0.2, 0) is 11.2 Å². The molecule has 1 atom stereocenters. The summed E-state index contributed by atoms with van der Waals surface area (Å²) in [5, 5.41) is 7.51. The number of carbonyl (C=O) groups is 1. The lowest BCUT2D eigenvalue weighted by Gasteiger charge is -2.17. The van der Waals surface area contributed by atoms with Crippen molar-refractivity contribution in [1.82, 2.24) is 15.1 Å². The fourth-order valence-electron chi connectivity index (χ4n) is 2.85. The normalized spacial score (nSPS) is 11.9. The predicted octanol–water partition coefficient (Wildman–Crippen LogP) is 4.83. The first-order chi connectivity index (χ1) is 12.7. The molecule has 26 heavy (non-hydrogen) atoms. The second-order valence-electron chi connectivity index (χ2n) is 6.21. The van der Waals surface area contributed by atoms with E-state index in [0.717, 1.165) is 27.7 Å². The molecule has 0 fully saturated rings. The van der Waals surface area contributed by atoms with Crippen LogP contribution in [0.25, 0.3) is 5.69 Å². The first-order valence-corrected chi connectivity index (χ1v) is 9.59. The van der Waals surface area contributed by atoms with Crippen molar-refractivity contribution in [2.45, 2.75) is 32.2 Å². The molecule has 0 radical (unpaired) electrons. The molecule has 0 bridgehead atoms. The summed E-state index contributed by atoms with van der Waals surface area (Å²) < 4.78 is 2.88. The Hall–Kier alpha value is -2.40. The molecule has 1 aromatic heterocycles. The molecule has 3 aromatic rings. The number of rotatable bonds is 7. The topological polar surface area (TPSA) is 46.9 Å². The highest BCUT2D eigenvalue weighted by atomic mass is 79.9. The molecule has 134 valence electrons. The summed E-state index contributed by atoms with van der Waals surface area (Å²) in [6.45, 7) is 2.08. The fraction of sp³-hybridized carbons (Fsp3) is 0.238. The molecule has 0 saturated carbocycles. The van der Waals surface area contributed by atoms with E-state index in [1.165, 1.54) is 0 Å². The van der Waals surface area contributed by atoms with E-state index in [-0.39, 0.29) is 11.9 Å². The maximum absolute atomic E-state index is 12.4. The van der Waals surface area contributed by atoms with Crippen LogP contribution < -0.4 is 5.32 Å². The summed E-state index contributed by atoms with van der Waals surface area (Å²) in [5.74, 6) is 0.0622. The number of aromatic nitrogens is 2. The van der Waals surface area contributed by atoms with Gasteiger partial charge in [-0.05, 0) is 48.2 Å². The minimum atomic E-state index is 0.0441. The van der Waals surface area contributed by atoms with E-state index in [2.05, 4.69) is 33.3 Å². The van der Waals surface area contributed by atoms with Crippen molar-refractivity contribution >= 4 is 21.8 Å². The lowest BCUT2D eigenvalue weighted by molar-refractivity contribution is -0.121. The Balaban J connectivity index is 1.55. The van der Waals surface area contributed by atoms with Crippen molar-refractivity contribution in [2.24, 2.45) is 0 Å². The van der Waals surface area contributed by atoms with Gasteiger partial charge >= 0.3 is 0 Å². The molecule has 1 amide bonds. The van der Waals surface area contributed by atoms with Gasteiger partial charge in [0.25, 0.3) is 0 Å². The molecule has 0 spiro atoms. The van der Waals surface area contributed by atoms with E-state index in [1.54, 1.807) is 0 Å². The highest BCUT2D eigenvalue weighted by molar-refractivity contribution is 9.10. The number of aryl methyl sites for hydroxylation is 1. The largest absolute Gasteiger partial charge is 0.349 e. The average Bonchev–Trinajstić information content (AvgIpc) is 3.15. The van der Waals surface area contributed by atoms with Crippen molar-refractivity contribution < 1.29 is 4.79 Å². The molecule has 3 rings (SSSR count). The second kappa shape index (κ2) is 8.81. The predicted molar refractivity (Wildman–Crippen MR) is 107 cm³/mol. The van der Waals surface area contributed by atoms with Crippen molar-refractivity contribution in [3.8, 4) is 5.69 Å². The minimum absolute atomic E-state index is 0.0441. The zero-order valence-electron chi connectivity index (χ0n) is 14.7. The first kappa shape index (κ1) is 18.4. The molecular formula is C21H22BrN3O. The number of carbonyl (C=O) groups excluding carboxylic acids is 1. The van der Waals surface area contributed by atoms with Gasteiger partial charge in [0.2, 0.25) is 5.91 Å². The number of nitrogens with one attached hydrogen (secondary N) is 1. The van der Waals surface area contributed by atoms with Crippen LogP contribution in [0.4, 0.5) is 0 Å². The Morgan fingerprint density at radius 3 is 2.58 bits per heavy atom. The molecular weight excluding hydrogens is 390 g/mol. The molecule has 0 saturated heterocycles. The summed E-state index contributed by atoms with van der Waals surface area (Å²) in [4.78, 5) is 12.4. The van der Waals surface area contributed by atoms with Gasteiger partial charge in [-0.1, -0.05) is 53.2 Å². The van der Waals surface area contributed by atoms with Gasteiger partial charge in [-0.3, -0.25) is 4.79 Å². The number of hydrogen-bond donors (Lipinski definition) is 1. The van der Waals surface area contributed by atoms with Crippen LogP contribution in [0.2, 0.25) is 0 Å². The summed E-state index contributed by atoms with van der Waals surface area (Å²) in [7, 11) is 0. The zero-order valence-corrected chi connectivity index (χ0v) is 16.3. The second-order valence-corrected chi connectivity index (χ2v) is 7.12. The van der Waals surface area contributed by atoms with Crippen molar-refractivity contribution in [1.29, 1.82) is 0 Å². The monoisotopic (exact) mass is 411 g/mol. The molecule has 0 aliphatic heterocycles. The van der Waals surface area contributed by atoms with Crippen molar-refractivity contribution in [3.05, 3.63) is 82.6 Å². The van der Waals surface area contributed by atoms with Crippen molar-refractivity contribution in [2.75, 3.05) is 0 Å². The van der Waals surface area contributed by atoms with Gasteiger partial charge in [0.1, 0.15) is 0 Å². The van der Waals surface area contributed by atoms with Crippen molar-refractivity contribution in [3.63, 3.8) is 0 Å². The van der Waals surface area contributed by atoms with Crippen LogP contribution in [0.1, 0.15) is 36.9 Å². The number of hydrogen-bond acceptors (Lipinski definition) is 2. The van der Waals surface area contributed by atoms with E-state index in [0.29, 0.717) is 12.8 Å². The Morgan fingerprint density at radius 2 is 1.88 bits per heavy atom. The Morgan fingerprint density at radius 1 is 1.15 bits per heavy atom. The number of amides is 1. The molecule has 2 aromatic carbocycles. The van der Waals surface area contributed by atoms with Gasteiger partial charge in [0.05, 0.1) is 17.9 Å². The maximum atomic E-state index is 12.4. The maximum Gasteiger partial charge on any atom is 0.220 e. The van der Waals surface area contributed by atoms with Crippen LogP contribution in [-0.4, -0.2) is 15.7 Å². The molecule has 0 aliphatic rings. The van der Waals surface area contributed by atoms with E-state index in [1.807, 2.05) is 71.7 Å². The third-order valence-corrected chi connectivity index (χ3v) is 4.84. The van der Waals surface area contributed by atoms with Gasteiger partial charge in [0.15, 0.2) is 0 Å². The molecule has 4 nitrogen and oxygen atoms in total. The minimum Gasteiger partial charge on any atom is -0.349 e. The van der Waals surface area contributed by atoms with Gasteiger partial charge < -0.3 is 5.32 Å². The number of halogens is 1. The Labute approximate surface area is 162 Å². The summed E-state index contributed by atoms with van der Waals surface area (Å²) in [6.07, 6.45) is 5.79. The van der Waals surface area contributed by atoms with E-state index in [4.69, 9.17) is 0 Å². The number of nitrogens with zero attached hydrogens (tertiary/aromatic N) is 2. The third-order valence-electron chi connectivity index (χ3n) is 4.31. The van der Waals surface area contributed by atoms with Crippen LogP contribution in [0, 0.1) is 0 Å². The molecule has 1 heterocycles. The van der Waals surface area contributed by atoms with Crippen LogP contribution in [0.5, 0.6) is 0 Å². The van der Waals surface area contributed by atoms with E-state index >= 15 is 0 Å². The van der Waals surface area contributed by atoms with Gasteiger partial charge in [0, 0.05) is 17.1 Å². The van der Waals surface area contributed by atoms with Crippen LogP contribution in [0.3, 0.4) is 0 Å². The highest BCUT2D eigenvalue weighted by Gasteiger charge is 2.13. The highest BCUT2D eigenvalue weighted by Crippen LogP contribution is 2.19. The zero-order chi connectivity index (χ0) is 18.4. The van der Waals surface area contributed by atoms with Crippen LogP contribution in [0.15, 0.2) is 71.5 Å². The average molecular weight is 412 g/mol. The SMILES string of the molecule is CCC(NC(=O)CCc1cnn(-c2ccccc2)c1)c1ccc(Br)cc1. The van der Waals surface area contributed by atoms with E-state index in [9.17, 15) is 4.79 Å². The Bertz CT molecular complexity index is 843. The molecule has 5 heteroatoms. The lowest BCUT2D eigenvalue weighted by atomic mass is 10.0. The summed E-state index contributed by atoms with van der Waals surface area (Å²) in [5.41, 5.74) is 3.20. The molecule has 1 unspecified atom stereocenters. The number of para-hydroxylation sites is 1. The van der Waals surface area contributed by atoms with Gasteiger partial charge in [-0.25, -0.2) is 4.68 Å². The number of benzene rings is 2. The van der Waals surface area contributed by atoms with Crippen LogP contribution >= 0.6 is 15.9 Å². The quantitative estimate of drug-likeness (QED) is 0.604. The lowest BCUT2D eigenvalue weighted by Crippen LogP contribution is -2.28. The summed E-state index contributed by atoms with van der Waals surface area (Å²) in [6, 6.07) is 18.1. The summed E-state index contributed by atoms with van der Waals surface area (Å²) >= 11 is 3.44. The smallest absolute Gasteiger partial charge is 0.220 e. The first-order valence-electron chi connectivity index (χ1n) is 8.79. The van der Waals surface area contributed by atoms with E-state index < -0.39 is 0 Å². The van der Waals surface area contributed by atoms with Gasteiger partial charge in [-0.2, -0.15) is 5.10 Å².